The summed E-state index contributed by atoms with van der Waals surface area (Å²) >= 11 is 0. The molecule has 3 aromatic carbocycles. The van der Waals surface area contributed by atoms with E-state index in [0.717, 1.165) is 22.4 Å². The molecular formula is C28H34N2O4S. The number of carbonyl (C=O) groups is 1. The number of hydrogen-bond acceptors (Lipinski definition) is 4. The van der Waals surface area contributed by atoms with Crippen LogP contribution in [0.5, 0.6) is 5.75 Å². The summed E-state index contributed by atoms with van der Waals surface area (Å²) < 4.78 is 33.7. The second-order valence-corrected chi connectivity index (χ2v) is 11.1. The highest BCUT2D eigenvalue weighted by molar-refractivity contribution is 7.92. The maximum absolute atomic E-state index is 13.6. The Balaban J connectivity index is 1.94. The van der Waals surface area contributed by atoms with Crippen molar-refractivity contribution in [2.75, 3.05) is 18.0 Å². The standard InChI is InChI=1S/C28H34N2O4S/c1-20(2)15-27(23-11-13-25(34-5)14-12-23)29-28(31)19-30(24-17-21(3)16-22(4)18-24)35(32,33)26-9-7-6-8-10-26/h6-14,16-18,20,27H,15,19H2,1-5H3,(H,29,31)/t27-/m0/s1. The molecule has 0 aliphatic carbocycles. The van der Waals surface area contributed by atoms with E-state index < -0.39 is 10.0 Å². The Bertz CT molecular complexity index is 1220. The number of amides is 1. The average molecular weight is 495 g/mol. The maximum atomic E-state index is 13.6. The highest BCUT2D eigenvalue weighted by Gasteiger charge is 2.28. The molecule has 0 aliphatic rings. The van der Waals surface area contributed by atoms with E-state index in [1.807, 2.05) is 44.2 Å². The number of methoxy groups -OCH3 is 1. The highest BCUT2D eigenvalue weighted by Crippen LogP contribution is 2.27. The number of anilines is 1. The van der Waals surface area contributed by atoms with Crippen LogP contribution >= 0.6 is 0 Å². The van der Waals surface area contributed by atoms with Crippen LogP contribution in [0.25, 0.3) is 0 Å². The predicted molar refractivity (Wildman–Crippen MR) is 140 cm³/mol. The Morgan fingerprint density at radius 1 is 0.943 bits per heavy atom. The van der Waals surface area contributed by atoms with Crippen LogP contribution in [0.4, 0.5) is 5.69 Å². The smallest absolute Gasteiger partial charge is 0.264 e. The third-order valence-electron chi connectivity index (χ3n) is 5.67. The number of rotatable bonds is 10. The van der Waals surface area contributed by atoms with Crippen LogP contribution in [-0.2, 0) is 14.8 Å². The van der Waals surface area contributed by atoms with Gasteiger partial charge in [0.15, 0.2) is 0 Å². The summed E-state index contributed by atoms with van der Waals surface area (Å²) in [6.07, 6.45) is 0.715. The predicted octanol–water partition coefficient (Wildman–Crippen LogP) is 5.41. The minimum Gasteiger partial charge on any atom is -0.497 e. The average Bonchev–Trinajstić information content (AvgIpc) is 2.81. The maximum Gasteiger partial charge on any atom is 0.264 e. The Kier molecular flexibility index (Phi) is 8.57. The molecule has 35 heavy (non-hydrogen) atoms. The summed E-state index contributed by atoms with van der Waals surface area (Å²) in [7, 11) is -2.35. The summed E-state index contributed by atoms with van der Waals surface area (Å²) in [5, 5.41) is 3.07. The van der Waals surface area contributed by atoms with Crippen molar-refractivity contribution in [3.63, 3.8) is 0 Å². The number of ether oxygens (including phenoxy) is 1. The molecule has 0 bridgehead atoms. The Hall–Kier alpha value is -3.32. The van der Waals surface area contributed by atoms with E-state index >= 15 is 0 Å². The molecule has 0 spiro atoms. The van der Waals surface area contributed by atoms with Crippen LogP contribution in [0.1, 0.15) is 43.0 Å². The summed E-state index contributed by atoms with van der Waals surface area (Å²) in [6, 6.07) is 21.1. The van der Waals surface area contributed by atoms with Gasteiger partial charge in [0.1, 0.15) is 12.3 Å². The van der Waals surface area contributed by atoms with Crippen molar-refractivity contribution in [3.05, 3.63) is 89.5 Å². The largest absolute Gasteiger partial charge is 0.497 e. The first-order valence-electron chi connectivity index (χ1n) is 11.7. The van der Waals surface area contributed by atoms with Gasteiger partial charge in [-0.25, -0.2) is 8.42 Å². The molecule has 0 aliphatic heterocycles. The summed E-state index contributed by atoms with van der Waals surface area (Å²) in [6.45, 7) is 7.66. The van der Waals surface area contributed by atoms with Gasteiger partial charge in [0, 0.05) is 0 Å². The molecule has 6 nitrogen and oxygen atoms in total. The SMILES string of the molecule is COc1ccc([C@H](CC(C)C)NC(=O)CN(c2cc(C)cc(C)c2)S(=O)(=O)c2ccccc2)cc1. The van der Waals surface area contributed by atoms with Crippen molar-refractivity contribution in [2.24, 2.45) is 5.92 Å². The fourth-order valence-corrected chi connectivity index (χ4v) is 5.51. The van der Waals surface area contributed by atoms with Gasteiger partial charge in [-0.3, -0.25) is 9.10 Å². The van der Waals surface area contributed by atoms with Gasteiger partial charge < -0.3 is 10.1 Å². The third-order valence-corrected chi connectivity index (χ3v) is 7.46. The Morgan fingerprint density at radius 2 is 1.54 bits per heavy atom. The number of sulfonamides is 1. The normalized spacial score (nSPS) is 12.3. The summed E-state index contributed by atoms with van der Waals surface area (Å²) in [5.74, 6) is 0.689. The van der Waals surface area contributed by atoms with E-state index in [1.54, 1.807) is 49.6 Å². The fourth-order valence-electron chi connectivity index (χ4n) is 4.09. The van der Waals surface area contributed by atoms with Crippen molar-refractivity contribution in [2.45, 2.75) is 45.1 Å². The van der Waals surface area contributed by atoms with E-state index in [2.05, 4.69) is 19.2 Å². The van der Waals surface area contributed by atoms with Crippen LogP contribution < -0.4 is 14.4 Å². The van der Waals surface area contributed by atoms with Gasteiger partial charge in [-0.15, -0.1) is 0 Å². The van der Waals surface area contributed by atoms with Crippen molar-refractivity contribution < 1.29 is 17.9 Å². The van der Waals surface area contributed by atoms with Gasteiger partial charge in [-0.2, -0.15) is 0 Å². The van der Waals surface area contributed by atoms with Gasteiger partial charge in [0.2, 0.25) is 5.91 Å². The van der Waals surface area contributed by atoms with Gasteiger partial charge in [-0.1, -0.05) is 50.2 Å². The van der Waals surface area contributed by atoms with Crippen LogP contribution in [-0.4, -0.2) is 28.0 Å². The zero-order valence-electron chi connectivity index (χ0n) is 21.0. The number of hydrogen-bond donors (Lipinski definition) is 1. The first kappa shape index (κ1) is 26.3. The lowest BCUT2D eigenvalue weighted by atomic mass is 9.97. The number of nitrogens with one attached hydrogen (secondary N) is 1. The van der Waals surface area contributed by atoms with E-state index in [1.165, 1.54) is 4.31 Å². The molecule has 0 radical (unpaired) electrons. The molecule has 0 unspecified atom stereocenters. The monoisotopic (exact) mass is 494 g/mol. The molecule has 3 rings (SSSR count). The molecule has 0 heterocycles. The quantitative estimate of drug-likeness (QED) is 0.409. The summed E-state index contributed by atoms with van der Waals surface area (Å²) in [4.78, 5) is 13.5. The minimum absolute atomic E-state index is 0.140. The summed E-state index contributed by atoms with van der Waals surface area (Å²) in [5.41, 5.74) is 3.25. The molecule has 1 atom stereocenters. The molecule has 1 N–H and O–H groups in total. The van der Waals surface area contributed by atoms with Crippen LogP contribution in [0.3, 0.4) is 0 Å². The topological polar surface area (TPSA) is 75.7 Å². The second-order valence-electron chi connectivity index (χ2n) is 9.19. The lowest BCUT2D eigenvalue weighted by molar-refractivity contribution is -0.120. The van der Waals surface area contributed by atoms with Gasteiger partial charge in [-0.05, 0) is 79.3 Å². The number of carbonyl (C=O) groups excluding carboxylic acids is 1. The molecule has 0 saturated heterocycles. The third kappa shape index (κ3) is 6.85. The molecule has 186 valence electrons. The number of benzene rings is 3. The molecule has 1 amide bonds. The molecule has 3 aromatic rings. The first-order valence-corrected chi connectivity index (χ1v) is 13.1. The van der Waals surface area contributed by atoms with Gasteiger partial charge in [0.05, 0.1) is 23.7 Å². The van der Waals surface area contributed by atoms with Crippen molar-refractivity contribution in [1.29, 1.82) is 0 Å². The van der Waals surface area contributed by atoms with Gasteiger partial charge >= 0.3 is 0 Å². The lowest BCUT2D eigenvalue weighted by Crippen LogP contribution is -2.42. The zero-order valence-corrected chi connectivity index (χ0v) is 21.8. The Morgan fingerprint density at radius 3 is 2.09 bits per heavy atom. The molecular weight excluding hydrogens is 460 g/mol. The van der Waals surface area contributed by atoms with E-state index in [9.17, 15) is 13.2 Å². The molecule has 0 aromatic heterocycles. The minimum atomic E-state index is -3.96. The van der Waals surface area contributed by atoms with Gasteiger partial charge in [0.25, 0.3) is 10.0 Å². The van der Waals surface area contributed by atoms with Crippen molar-refractivity contribution in [3.8, 4) is 5.75 Å². The number of nitrogens with zero attached hydrogens (tertiary/aromatic N) is 1. The number of aryl methyl sites for hydroxylation is 2. The fraction of sp³-hybridized carbons (Fsp3) is 0.321. The molecule has 7 heteroatoms. The highest BCUT2D eigenvalue weighted by atomic mass is 32.2. The second kappa shape index (κ2) is 11.4. The zero-order chi connectivity index (χ0) is 25.6. The lowest BCUT2D eigenvalue weighted by Gasteiger charge is -2.27. The molecule has 0 saturated carbocycles. The molecule has 0 fully saturated rings. The van der Waals surface area contributed by atoms with E-state index in [-0.39, 0.29) is 23.4 Å². The Labute approximate surface area is 209 Å². The van der Waals surface area contributed by atoms with Crippen LogP contribution in [0, 0.1) is 19.8 Å². The van der Waals surface area contributed by atoms with E-state index in [4.69, 9.17) is 4.74 Å². The van der Waals surface area contributed by atoms with Crippen molar-refractivity contribution in [1.82, 2.24) is 5.32 Å². The van der Waals surface area contributed by atoms with E-state index in [0.29, 0.717) is 18.0 Å². The van der Waals surface area contributed by atoms with Crippen LogP contribution in [0.15, 0.2) is 77.7 Å². The van der Waals surface area contributed by atoms with Crippen molar-refractivity contribution >= 4 is 21.6 Å². The first-order chi connectivity index (χ1) is 16.6. The van der Waals surface area contributed by atoms with Crippen LogP contribution in [0.2, 0.25) is 0 Å².